The number of nitrogens with two attached hydrogens (primary N) is 1. The number of carbonyl (C=O) groups is 4. The normalized spacial score (nSPS) is 10.5. The van der Waals surface area contributed by atoms with Gasteiger partial charge in [-0.25, -0.2) is 9.59 Å². The Bertz CT molecular complexity index is 1160. The van der Waals surface area contributed by atoms with Crippen molar-refractivity contribution in [2.45, 2.75) is 72.4 Å². The predicted molar refractivity (Wildman–Crippen MR) is 160 cm³/mol. The van der Waals surface area contributed by atoms with E-state index in [9.17, 15) is 19.2 Å². The molecule has 42 heavy (non-hydrogen) atoms. The van der Waals surface area contributed by atoms with Crippen LogP contribution < -0.4 is 20.5 Å². The molecule has 11 heteroatoms. The number of rotatable bonds is 13. The number of anilines is 1. The molecule has 0 spiro atoms. The van der Waals surface area contributed by atoms with Gasteiger partial charge in [0.2, 0.25) is 11.8 Å². The van der Waals surface area contributed by atoms with Crippen molar-refractivity contribution in [3.8, 4) is 11.5 Å². The van der Waals surface area contributed by atoms with Gasteiger partial charge >= 0.3 is 12.1 Å². The standard InChI is InChI=1S/C26H34N2O6.C5H11NO2/c1-5-7-8-25(30)28(17-24(29)27-21-10-13-22(32-3)14-11-21)16-20-15-23(12-9-19(20)6-2)34-18-26(31)33-4;1-5(2,3)8-4(6)7/h9-15H,5-8,16-18H2,1-4H3,(H,27,29);1-3H3,(H2,6,7). The topological polar surface area (TPSA) is 146 Å². The van der Waals surface area contributed by atoms with Crippen LogP contribution in [0.25, 0.3) is 0 Å². The van der Waals surface area contributed by atoms with Gasteiger partial charge in [-0.15, -0.1) is 0 Å². The molecule has 3 N–H and O–H groups in total. The molecule has 2 aromatic carbocycles. The van der Waals surface area contributed by atoms with Crippen LogP contribution in [-0.4, -0.2) is 61.7 Å². The zero-order chi connectivity index (χ0) is 31.7. The fraction of sp³-hybridized carbons (Fsp3) is 0.484. The van der Waals surface area contributed by atoms with E-state index in [0.29, 0.717) is 23.6 Å². The number of amides is 3. The summed E-state index contributed by atoms with van der Waals surface area (Å²) in [7, 11) is 2.88. The molecule has 0 saturated heterocycles. The first-order valence-electron chi connectivity index (χ1n) is 13.8. The summed E-state index contributed by atoms with van der Waals surface area (Å²) in [5, 5.41) is 2.84. The van der Waals surface area contributed by atoms with Crippen molar-refractivity contribution >= 4 is 29.6 Å². The number of methoxy groups -OCH3 is 2. The number of ether oxygens (including phenoxy) is 4. The molecule has 0 unspecified atom stereocenters. The van der Waals surface area contributed by atoms with E-state index >= 15 is 0 Å². The second-order valence-corrected chi connectivity index (χ2v) is 10.3. The molecule has 0 atom stereocenters. The molecule has 2 rings (SSSR count). The highest BCUT2D eigenvalue weighted by atomic mass is 16.6. The van der Waals surface area contributed by atoms with Gasteiger partial charge in [-0.3, -0.25) is 9.59 Å². The van der Waals surface area contributed by atoms with Crippen LogP contribution in [-0.2, 0) is 36.8 Å². The number of nitrogens with one attached hydrogen (secondary N) is 1. The number of nitrogens with zero attached hydrogens (tertiary/aromatic N) is 1. The second kappa shape index (κ2) is 18.2. The SMILES string of the molecule is CC(C)(C)OC(N)=O.CCCCC(=O)N(CC(=O)Nc1ccc(OC)cc1)Cc1cc(OCC(=O)OC)ccc1CC. The van der Waals surface area contributed by atoms with E-state index in [4.69, 9.17) is 15.2 Å². The molecule has 2 aromatic rings. The molecule has 0 aliphatic heterocycles. The lowest BCUT2D eigenvalue weighted by molar-refractivity contribution is -0.142. The van der Waals surface area contributed by atoms with Crippen molar-refractivity contribution in [3.63, 3.8) is 0 Å². The first-order valence-corrected chi connectivity index (χ1v) is 13.8. The van der Waals surface area contributed by atoms with Gasteiger partial charge in [0.1, 0.15) is 23.6 Å². The quantitative estimate of drug-likeness (QED) is 0.316. The third-order valence-corrected chi connectivity index (χ3v) is 5.72. The maximum absolute atomic E-state index is 13.0. The van der Waals surface area contributed by atoms with Crippen molar-refractivity contribution in [1.82, 2.24) is 4.90 Å². The van der Waals surface area contributed by atoms with Gasteiger partial charge in [0.25, 0.3) is 0 Å². The van der Waals surface area contributed by atoms with Crippen molar-refractivity contribution in [2.75, 3.05) is 32.7 Å². The molecule has 0 aliphatic rings. The largest absolute Gasteiger partial charge is 0.497 e. The molecule has 0 bridgehead atoms. The van der Waals surface area contributed by atoms with Crippen LogP contribution in [0.5, 0.6) is 11.5 Å². The first kappa shape index (κ1) is 35.7. The van der Waals surface area contributed by atoms with Gasteiger partial charge in [0.15, 0.2) is 6.61 Å². The van der Waals surface area contributed by atoms with Crippen LogP contribution in [0.15, 0.2) is 42.5 Å². The molecule has 232 valence electrons. The van der Waals surface area contributed by atoms with Crippen molar-refractivity contribution in [1.29, 1.82) is 0 Å². The van der Waals surface area contributed by atoms with Crippen molar-refractivity contribution < 1.29 is 38.1 Å². The number of aryl methyl sites for hydroxylation is 1. The number of esters is 1. The number of unbranched alkanes of at least 4 members (excludes halogenated alkanes) is 1. The molecule has 3 amide bonds. The second-order valence-electron chi connectivity index (χ2n) is 10.3. The molecule has 0 aromatic heterocycles. The highest BCUT2D eigenvalue weighted by Gasteiger charge is 2.19. The van der Waals surface area contributed by atoms with E-state index in [0.717, 1.165) is 30.4 Å². The van der Waals surface area contributed by atoms with Crippen LogP contribution in [0.1, 0.15) is 65.0 Å². The van der Waals surface area contributed by atoms with E-state index in [2.05, 4.69) is 14.8 Å². The van der Waals surface area contributed by atoms with Crippen LogP contribution in [0.3, 0.4) is 0 Å². The third kappa shape index (κ3) is 14.4. The molecular weight excluding hydrogens is 542 g/mol. The third-order valence-electron chi connectivity index (χ3n) is 5.72. The fourth-order valence-electron chi connectivity index (χ4n) is 3.66. The van der Waals surface area contributed by atoms with Gasteiger partial charge in [0.05, 0.1) is 14.2 Å². The zero-order valence-corrected chi connectivity index (χ0v) is 25.8. The summed E-state index contributed by atoms with van der Waals surface area (Å²) in [5.41, 5.74) is 6.79. The Morgan fingerprint density at radius 2 is 1.57 bits per heavy atom. The van der Waals surface area contributed by atoms with Gasteiger partial charge in [0, 0.05) is 18.7 Å². The van der Waals surface area contributed by atoms with E-state index in [-0.39, 0.29) is 31.5 Å². The average molecular weight is 588 g/mol. The number of hydrogen-bond donors (Lipinski definition) is 2. The van der Waals surface area contributed by atoms with Crippen molar-refractivity contribution in [3.05, 3.63) is 53.6 Å². The Hall–Kier alpha value is -4.28. The Labute approximate surface area is 248 Å². The zero-order valence-electron chi connectivity index (χ0n) is 25.8. The molecule has 11 nitrogen and oxygen atoms in total. The summed E-state index contributed by atoms with van der Waals surface area (Å²) in [6.45, 7) is 9.30. The number of benzene rings is 2. The Balaban J connectivity index is 0.000000962. The van der Waals surface area contributed by atoms with E-state index in [1.54, 1.807) is 63.1 Å². The number of hydrogen-bond acceptors (Lipinski definition) is 8. The molecule has 0 heterocycles. The molecule has 0 aliphatic carbocycles. The Morgan fingerprint density at radius 3 is 2.07 bits per heavy atom. The molecular formula is C31H45N3O8. The van der Waals surface area contributed by atoms with Gasteiger partial charge < -0.3 is 34.9 Å². The number of carbonyl (C=O) groups excluding carboxylic acids is 4. The summed E-state index contributed by atoms with van der Waals surface area (Å²) in [6, 6.07) is 12.5. The maximum Gasteiger partial charge on any atom is 0.405 e. The first-order chi connectivity index (χ1) is 19.8. The Kier molecular flexibility index (Phi) is 15.5. The smallest absolute Gasteiger partial charge is 0.405 e. The minimum absolute atomic E-state index is 0.0784. The van der Waals surface area contributed by atoms with Gasteiger partial charge in [-0.2, -0.15) is 0 Å². The molecule has 0 radical (unpaired) electrons. The Morgan fingerprint density at radius 1 is 0.929 bits per heavy atom. The van der Waals surface area contributed by atoms with E-state index in [1.807, 2.05) is 26.0 Å². The molecule has 0 saturated carbocycles. The summed E-state index contributed by atoms with van der Waals surface area (Å²) in [5.74, 6) is 0.338. The lowest BCUT2D eigenvalue weighted by Gasteiger charge is -2.24. The predicted octanol–water partition coefficient (Wildman–Crippen LogP) is 4.85. The summed E-state index contributed by atoms with van der Waals surface area (Å²) >= 11 is 0. The van der Waals surface area contributed by atoms with Crippen LogP contribution >= 0.6 is 0 Å². The maximum atomic E-state index is 13.0. The molecule has 0 fully saturated rings. The summed E-state index contributed by atoms with van der Waals surface area (Å²) in [6.07, 6.45) is 2.03. The van der Waals surface area contributed by atoms with Gasteiger partial charge in [-0.05, 0) is 81.1 Å². The average Bonchev–Trinajstić information content (AvgIpc) is 2.93. The minimum atomic E-state index is -0.725. The fourth-order valence-corrected chi connectivity index (χ4v) is 3.66. The highest BCUT2D eigenvalue weighted by Crippen LogP contribution is 2.22. The van der Waals surface area contributed by atoms with Gasteiger partial charge in [-0.1, -0.05) is 26.3 Å². The number of primary amides is 1. The summed E-state index contributed by atoms with van der Waals surface area (Å²) in [4.78, 5) is 48.7. The van der Waals surface area contributed by atoms with Crippen LogP contribution in [0, 0.1) is 0 Å². The van der Waals surface area contributed by atoms with E-state index in [1.165, 1.54) is 7.11 Å². The summed E-state index contributed by atoms with van der Waals surface area (Å²) < 4.78 is 19.9. The monoisotopic (exact) mass is 587 g/mol. The van der Waals surface area contributed by atoms with Crippen molar-refractivity contribution in [2.24, 2.45) is 5.73 Å². The van der Waals surface area contributed by atoms with Crippen LogP contribution in [0.4, 0.5) is 10.5 Å². The lowest BCUT2D eigenvalue weighted by Crippen LogP contribution is -2.37. The highest BCUT2D eigenvalue weighted by molar-refractivity contribution is 5.94. The van der Waals surface area contributed by atoms with E-state index < -0.39 is 17.7 Å². The lowest BCUT2D eigenvalue weighted by atomic mass is 10.0. The minimum Gasteiger partial charge on any atom is -0.497 e. The van der Waals surface area contributed by atoms with Crippen LogP contribution in [0.2, 0.25) is 0 Å².